The number of halogens is 1. The predicted molar refractivity (Wildman–Crippen MR) is 135 cm³/mol. The molecule has 186 valence electrons. The maximum Gasteiger partial charge on any atom is 0.326 e. The molecule has 4 atom stereocenters. The summed E-state index contributed by atoms with van der Waals surface area (Å²) in [6, 6.07) is 15.3. The first-order valence-electron chi connectivity index (χ1n) is 11.6. The van der Waals surface area contributed by atoms with Gasteiger partial charge in [-0.25, -0.2) is 4.79 Å². The van der Waals surface area contributed by atoms with E-state index in [1.54, 1.807) is 24.3 Å². The van der Waals surface area contributed by atoms with Gasteiger partial charge in [0.25, 0.3) is 0 Å². The monoisotopic (exact) mass is 543 g/mol. The molecule has 1 aliphatic heterocycles. The van der Waals surface area contributed by atoms with Crippen molar-refractivity contribution >= 4 is 39.6 Å². The molecule has 35 heavy (non-hydrogen) atoms. The summed E-state index contributed by atoms with van der Waals surface area (Å²) in [5, 5.41) is 15.3. The SMILES string of the molecule is C[C@@H](C(=O)N[C@@H](Cc1ccccc1)C(=O)O)N(C(=O)[C@H](Br)Cc1ccccc1)C(=O)[C@@H]1CCCN1. The molecular formula is C26H30BrN3O5. The van der Waals surface area contributed by atoms with E-state index in [2.05, 4.69) is 26.6 Å². The number of aliphatic carboxylic acids is 1. The molecule has 9 heteroatoms. The van der Waals surface area contributed by atoms with Crippen LogP contribution >= 0.6 is 15.9 Å². The molecule has 0 aromatic heterocycles. The Kier molecular flexibility index (Phi) is 9.56. The second-order valence-corrected chi connectivity index (χ2v) is 9.72. The number of hydrogen-bond acceptors (Lipinski definition) is 5. The molecule has 0 spiro atoms. The van der Waals surface area contributed by atoms with Gasteiger partial charge in [-0.3, -0.25) is 19.3 Å². The minimum absolute atomic E-state index is 0.0792. The van der Waals surface area contributed by atoms with Crippen molar-refractivity contribution in [3.63, 3.8) is 0 Å². The summed E-state index contributed by atoms with van der Waals surface area (Å²) in [6.07, 6.45) is 1.77. The highest BCUT2D eigenvalue weighted by molar-refractivity contribution is 9.10. The molecule has 0 radical (unpaired) electrons. The van der Waals surface area contributed by atoms with Gasteiger partial charge >= 0.3 is 5.97 Å². The van der Waals surface area contributed by atoms with Crippen molar-refractivity contribution in [3.05, 3.63) is 71.8 Å². The fraction of sp³-hybridized carbons (Fsp3) is 0.385. The van der Waals surface area contributed by atoms with Crippen molar-refractivity contribution in [2.24, 2.45) is 0 Å². The third-order valence-corrected chi connectivity index (χ3v) is 6.74. The van der Waals surface area contributed by atoms with Crippen LogP contribution in [0.3, 0.4) is 0 Å². The molecule has 3 rings (SSSR count). The largest absolute Gasteiger partial charge is 0.480 e. The highest BCUT2D eigenvalue weighted by Crippen LogP contribution is 2.19. The van der Waals surface area contributed by atoms with Gasteiger partial charge in [-0.05, 0) is 43.9 Å². The number of carboxylic acid groups (broad SMARTS) is 1. The number of nitrogens with one attached hydrogen (secondary N) is 2. The van der Waals surface area contributed by atoms with E-state index >= 15 is 0 Å². The van der Waals surface area contributed by atoms with Gasteiger partial charge in [-0.15, -0.1) is 0 Å². The van der Waals surface area contributed by atoms with Crippen LogP contribution in [-0.2, 0) is 32.0 Å². The summed E-state index contributed by atoms with van der Waals surface area (Å²) in [5.74, 6) is -2.92. The van der Waals surface area contributed by atoms with Crippen molar-refractivity contribution in [1.29, 1.82) is 0 Å². The Bertz CT molecular complexity index is 1030. The van der Waals surface area contributed by atoms with Crippen LogP contribution in [0.5, 0.6) is 0 Å². The van der Waals surface area contributed by atoms with Gasteiger partial charge in [0.2, 0.25) is 17.7 Å². The number of hydrogen-bond donors (Lipinski definition) is 3. The zero-order chi connectivity index (χ0) is 25.4. The van der Waals surface area contributed by atoms with E-state index in [0.29, 0.717) is 19.4 Å². The van der Waals surface area contributed by atoms with Crippen LogP contribution < -0.4 is 10.6 Å². The van der Waals surface area contributed by atoms with Crippen LogP contribution in [0.4, 0.5) is 0 Å². The van der Waals surface area contributed by atoms with Crippen LogP contribution in [0, 0.1) is 0 Å². The highest BCUT2D eigenvalue weighted by atomic mass is 79.9. The first-order chi connectivity index (χ1) is 16.8. The molecule has 1 fully saturated rings. The Hall–Kier alpha value is -3.04. The summed E-state index contributed by atoms with van der Waals surface area (Å²) in [4.78, 5) is 52.0. The Labute approximate surface area is 213 Å². The van der Waals surface area contributed by atoms with Gasteiger partial charge in [0.1, 0.15) is 12.1 Å². The van der Waals surface area contributed by atoms with Crippen LogP contribution in [0.25, 0.3) is 0 Å². The molecule has 1 aliphatic rings. The number of carbonyl (C=O) groups excluding carboxylic acids is 3. The van der Waals surface area contributed by atoms with E-state index in [9.17, 15) is 24.3 Å². The van der Waals surface area contributed by atoms with Gasteiger partial charge in [0.15, 0.2) is 0 Å². The summed E-state index contributed by atoms with van der Waals surface area (Å²) >= 11 is 3.40. The molecule has 3 N–H and O–H groups in total. The van der Waals surface area contributed by atoms with Crippen molar-refractivity contribution in [2.45, 2.75) is 55.6 Å². The number of alkyl halides is 1. The standard InChI is InChI=1S/C26H30BrN3O5/c1-17(23(31)29-22(26(34)35)16-19-11-6-3-7-12-19)30(25(33)21-13-8-14-28-21)24(32)20(27)15-18-9-4-2-5-10-18/h2-7,9-12,17,20-22,28H,8,13-16H2,1H3,(H,29,31)(H,34,35)/t17-,20+,21-,22-/m0/s1. The second kappa shape index (κ2) is 12.6. The smallest absolute Gasteiger partial charge is 0.326 e. The fourth-order valence-electron chi connectivity index (χ4n) is 4.07. The molecule has 1 heterocycles. The highest BCUT2D eigenvalue weighted by Gasteiger charge is 2.39. The molecule has 1 saturated heterocycles. The Balaban J connectivity index is 1.78. The molecule has 3 amide bonds. The van der Waals surface area contributed by atoms with Gasteiger partial charge < -0.3 is 15.7 Å². The zero-order valence-corrected chi connectivity index (χ0v) is 21.1. The van der Waals surface area contributed by atoms with Gasteiger partial charge in [-0.2, -0.15) is 0 Å². The first kappa shape index (κ1) is 26.6. The maximum atomic E-state index is 13.4. The lowest BCUT2D eigenvalue weighted by Gasteiger charge is -2.31. The van der Waals surface area contributed by atoms with Crippen LogP contribution in [0.15, 0.2) is 60.7 Å². The molecule has 0 saturated carbocycles. The van der Waals surface area contributed by atoms with Gasteiger partial charge in [0, 0.05) is 6.42 Å². The minimum Gasteiger partial charge on any atom is -0.480 e. The average molecular weight is 544 g/mol. The molecule has 0 aliphatic carbocycles. The van der Waals surface area contributed by atoms with Crippen molar-refractivity contribution in [1.82, 2.24) is 15.5 Å². The second-order valence-electron chi connectivity index (χ2n) is 8.62. The third-order valence-electron chi connectivity index (χ3n) is 6.02. The maximum absolute atomic E-state index is 13.4. The Morgan fingerprint density at radius 1 is 1.03 bits per heavy atom. The lowest BCUT2D eigenvalue weighted by molar-refractivity contribution is -0.152. The first-order valence-corrected chi connectivity index (χ1v) is 12.5. The summed E-state index contributed by atoms with van der Waals surface area (Å²) < 4.78 is 0. The minimum atomic E-state index is -1.20. The summed E-state index contributed by atoms with van der Waals surface area (Å²) in [5.41, 5.74) is 1.65. The number of nitrogens with zero attached hydrogens (tertiary/aromatic N) is 1. The lowest BCUT2D eigenvalue weighted by Crippen LogP contribution is -2.58. The molecule has 8 nitrogen and oxygen atoms in total. The van der Waals surface area contributed by atoms with E-state index in [1.807, 2.05) is 36.4 Å². The number of amides is 3. The number of imide groups is 1. The van der Waals surface area contributed by atoms with Crippen LogP contribution in [0.2, 0.25) is 0 Å². The molecule has 2 aromatic rings. The molecular weight excluding hydrogens is 514 g/mol. The van der Waals surface area contributed by atoms with E-state index in [4.69, 9.17) is 0 Å². The number of carbonyl (C=O) groups is 4. The predicted octanol–water partition coefficient (Wildman–Crippen LogP) is 2.30. The Morgan fingerprint density at radius 3 is 2.11 bits per heavy atom. The third kappa shape index (κ3) is 7.22. The zero-order valence-electron chi connectivity index (χ0n) is 19.5. The molecule has 0 unspecified atom stereocenters. The van der Waals surface area contributed by atoms with Crippen LogP contribution in [0.1, 0.15) is 30.9 Å². The van der Waals surface area contributed by atoms with E-state index in [0.717, 1.165) is 22.4 Å². The topological polar surface area (TPSA) is 116 Å². The fourth-order valence-corrected chi connectivity index (χ4v) is 4.67. The Morgan fingerprint density at radius 2 is 1.60 bits per heavy atom. The molecule has 0 bridgehead atoms. The van der Waals surface area contributed by atoms with E-state index < -0.39 is 46.6 Å². The van der Waals surface area contributed by atoms with Crippen molar-refractivity contribution < 1.29 is 24.3 Å². The van der Waals surface area contributed by atoms with Gasteiger partial charge in [0.05, 0.1) is 10.9 Å². The summed E-state index contributed by atoms with van der Waals surface area (Å²) in [6.45, 7) is 2.10. The van der Waals surface area contributed by atoms with Crippen LogP contribution in [-0.4, -0.2) is 63.2 Å². The molecule has 2 aromatic carbocycles. The average Bonchev–Trinajstić information content (AvgIpc) is 3.40. The quantitative estimate of drug-likeness (QED) is 0.396. The number of benzene rings is 2. The van der Waals surface area contributed by atoms with E-state index in [-0.39, 0.29) is 6.42 Å². The lowest BCUT2D eigenvalue weighted by atomic mass is 10.0. The van der Waals surface area contributed by atoms with Gasteiger partial charge in [-0.1, -0.05) is 76.6 Å². The van der Waals surface area contributed by atoms with Crippen molar-refractivity contribution in [2.75, 3.05) is 6.54 Å². The number of rotatable bonds is 10. The van der Waals surface area contributed by atoms with Crippen molar-refractivity contribution in [3.8, 4) is 0 Å². The summed E-state index contributed by atoms with van der Waals surface area (Å²) in [7, 11) is 0. The van der Waals surface area contributed by atoms with E-state index in [1.165, 1.54) is 6.92 Å². The number of carboxylic acids is 1. The normalized spacial score (nSPS) is 17.7.